The lowest BCUT2D eigenvalue weighted by atomic mass is 9.85. The summed E-state index contributed by atoms with van der Waals surface area (Å²) in [5, 5.41) is 5.93. The Morgan fingerprint density at radius 2 is 1.95 bits per heavy atom. The van der Waals surface area contributed by atoms with Gasteiger partial charge in [0.1, 0.15) is 0 Å². The molecule has 2 aliphatic rings. The van der Waals surface area contributed by atoms with Crippen LogP contribution in [-0.4, -0.2) is 25.1 Å². The van der Waals surface area contributed by atoms with Crippen molar-refractivity contribution in [2.24, 2.45) is 5.92 Å². The molecule has 1 aliphatic carbocycles. The van der Waals surface area contributed by atoms with Gasteiger partial charge in [0.25, 0.3) is 0 Å². The SMILES string of the molecule is COc1c(F)cc(NC(=O)C2CC3CCCCC3N2)cc1F. The third-order valence-corrected chi connectivity index (χ3v) is 4.65. The maximum absolute atomic E-state index is 13.6. The van der Waals surface area contributed by atoms with Gasteiger partial charge in [0.2, 0.25) is 5.91 Å². The largest absolute Gasteiger partial charge is 0.491 e. The lowest BCUT2D eigenvalue weighted by Crippen LogP contribution is -2.39. The number of hydrogen-bond acceptors (Lipinski definition) is 3. The summed E-state index contributed by atoms with van der Waals surface area (Å²) in [7, 11) is 1.20. The van der Waals surface area contributed by atoms with Crippen LogP contribution in [0.25, 0.3) is 0 Å². The van der Waals surface area contributed by atoms with Crippen molar-refractivity contribution in [2.45, 2.75) is 44.2 Å². The number of methoxy groups -OCH3 is 1. The number of halogens is 2. The predicted octanol–water partition coefficient (Wildman–Crippen LogP) is 2.83. The molecule has 4 nitrogen and oxygen atoms in total. The van der Waals surface area contributed by atoms with E-state index in [0.717, 1.165) is 31.4 Å². The Bertz CT molecular complexity index is 542. The summed E-state index contributed by atoms with van der Waals surface area (Å²) in [5.41, 5.74) is 0.109. The normalized spacial score (nSPS) is 27.3. The summed E-state index contributed by atoms with van der Waals surface area (Å²) in [6, 6.07) is 2.25. The minimum atomic E-state index is -0.828. The van der Waals surface area contributed by atoms with Crippen LogP contribution in [0.1, 0.15) is 32.1 Å². The van der Waals surface area contributed by atoms with Crippen LogP contribution >= 0.6 is 0 Å². The molecule has 2 N–H and O–H groups in total. The third-order valence-electron chi connectivity index (χ3n) is 4.65. The van der Waals surface area contributed by atoms with Gasteiger partial charge in [-0.05, 0) is 25.2 Å². The molecule has 1 heterocycles. The molecule has 1 aromatic carbocycles. The molecule has 0 bridgehead atoms. The summed E-state index contributed by atoms with van der Waals surface area (Å²) in [5.74, 6) is -1.80. The number of fused-ring (bicyclic) bond motifs is 1. The molecular formula is C16H20F2N2O2. The fraction of sp³-hybridized carbons (Fsp3) is 0.562. The van der Waals surface area contributed by atoms with Gasteiger partial charge in [-0.25, -0.2) is 8.78 Å². The fourth-order valence-corrected chi connectivity index (χ4v) is 3.58. The molecular weight excluding hydrogens is 290 g/mol. The standard InChI is InChI=1S/C16H20F2N2O2/c1-22-15-11(17)7-10(8-12(15)18)19-16(21)14-6-9-4-2-3-5-13(9)20-14/h7-9,13-14,20H,2-6H2,1H3,(H,19,21). The van der Waals surface area contributed by atoms with Crippen molar-refractivity contribution >= 4 is 11.6 Å². The molecule has 2 fully saturated rings. The number of anilines is 1. The van der Waals surface area contributed by atoms with Crippen LogP contribution in [0.15, 0.2) is 12.1 Å². The minimum Gasteiger partial charge on any atom is -0.491 e. The Hall–Kier alpha value is -1.69. The molecule has 1 saturated carbocycles. The van der Waals surface area contributed by atoms with E-state index in [4.69, 9.17) is 0 Å². The number of nitrogens with one attached hydrogen (secondary N) is 2. The Balaban J connectivity index is 1.67. The topological polar surface area (TPSA) is 50.4 Å². The van der Waals surface area contributed by atoms with E-state index < -0.39 is 17.4 Å². The number of ether oxygens (including phenoxy) is 1. The summed E-state index contributed by atoms with van der Waals surface area (Å²) in [6.45, 7) is 0. The van der Waals surface area contributed by atoms with Gasteiger partial charge in [0.05, 0.1) is 13.2 Å². The number of amides is 1. The lowest BCUT2D eigenvalue weighted by molar-refractivity contribution is -0.117. The summed E-state index contributed by atoms with van der Waals surface area (Å²) in [4.78, 5) is 12.3. The molecule has 22 heavy (non-hydrogen) atoms. The van der Waals surface area contributed by atoms with E-state index in [-0.39, 0.29) is 17.6 Å². The molecule has 3 atom stereocenters. The van der Waals surface area contributed by atoms with Crippen LogP contribution in [0, 0.1) is 17.6 Å². The first-order valence-electron chi connectivity index (χ1n) is 7.68. The van der Waals surface area contributed by atoms with Crippen LogP contribution in [0.5, 0.6) is 5.75 Å². The van der Waals surface area contributed by atoms with Crippen LogP contribution in [0.3, 0.4) is 0 Å². The second-order valence-electron chi connectivity index (χ2n) is 6.07. The number of carbonyl (C=O) groups is 1. The zero-order valence-corrected chi connectivity index (χ0v) is 12.5. The lowest BCUT2D eigenvalue weighted by Gasteiger charge is -2.24. The van der Waals surface area contributed by atoms with Crippen molar-refractivity contribution < 1.29 is 18.3 Å². The highest BCUT2D eigenvalue weighted by molar-refractivity contribution is 5.95. The van der Waals surface area contributed by atoms with Crippen LogP contribution in [0.4, 0.5) is 14.5 Å². The second kappa shape index (κ2) is 6.20. The molecule has 0 radical (unpaired) electrons. The molecule has 0 aromatic heterocycles. The molecule has 1 amide bonds. The maximum atomic E-state index is 13.6. The minimum absolute atomic E-state index is 0.109. The van der Waals surface area contributed by atoms with Crippen molar-refractivity contribution in [1.29, 1.82) is 0 Å². The number of carbonyl (C=O) groups excluding carboxylic acids is 1. The molecule has 3 rings (SSSR count). The van der Waals surface area contributed by atoms with Crippen LogP contribution in [-0.2, 0) is 4.79 Å². The molecule has 1 aromatic rings. The fourth-order valence-electron chi connectivity index (χ4n) is 3.58. The van der Waals surface area contributed by atoms with E-state index >= 15 is 0 Å². The summed E-state index contributed by atoms with van der Waals surface area (Å²) < 4.78 is 31.9. The van der Waals surface area contributed by atoms with Gasteiger partial charge in [0, 0.05) is 23.9 Å². The van der Waals surface area contributed by atoms with Gasteiger partial charge >= 0.3 is 0 Å². The Kier molecular flexibility index (Phi) is 4.29. The third kappa shape index (κ3) is 2.92. The average molecular weight is 310 g/mol. The van der Waals surface area contributed by atoms with Crippen molar-refractivity contribution in [2.75, 3.05) is 12.4 Å². The van der Waals surface area contributed by atoms with Gasteiger partial charge in [-0.2, -0.15) is 0 Å². The summed E-state index contributed by atoms with van der Waals surface area (Å²) >= 11 is 0. The summed E-state index contributed by atoms with van der Waals surface area (Å²) in [6.07, 6.45) is 5.44. The number of rotatable bonds is 3. The van der Waals surface area contributed by atoms with Gasteiger partial charge in [-0.15, -0.1) is 0 Å². The van der Waals surface area contributed by atoms with Crippen molar-refractivity contribution in [3.8, 4) is 5.75 Å². The predicted molar refractivity (Wildman–Crippen MR) is 78.8 cm³/mol. The Morgan fingerprint density at radius 3 is 2.59 bits per heavy atom. The zero-order chi connectivity index (χ0) is 15.7. The first kappa shape index (κ1) is 15.2. The average Bonchev–Trinajstić information content (AvgIpc) is 2.91. The highest BCUT2D eigenvalue weighted by atomic mass is 19.1. The van der Waals surface area contributed by atoms with E-state index in [0.29, 0.717) is 12.0 Å². The smallest absolute Gasteiger partial charge is 0.241 e. The van der Waals surface area contributed by atoms with E-state index in [1.807, 2.05) is 0 Å². The van der Waals surface area contributed by atoms with Crippen molar-refractivity contribution in [3.05, 3.63) is 23.8 Å². The van der Waals surface area contributed by atoms with Gasteiger partial charge in [-0.3, -0.25) is 4.79 Å². The monoisotopic (exact) mass is 310 g/mol. The second-order valence-corrected chi connectivity index (χ2v) is 6.07. The zero-order valence-electron chi connectivity index (χ0n) is 12.5. The maximum Gasteiger partial charge on any atom is 0.241 e. The van der Waals surface area contributed by atoms with Crippen LogP contribution < -0.4 is 15.4 Å². The van der Waals surface area contributed by atoms with Crippen molar-refractivity contribution in [3.63, 3.8) is 0 Å². The highest BCUT2D eigenvalue weighted by Gasteiger charge is 2.38. The first-order chi connectivity index (χ1) is 10.6. The molecule has 1 saturated heterocycles. The quantitative estimate of drug-likeness (QED) is 0.902. The van der Waals surface area contributed by atoms with Crippen molar-refractivity contribution in [1.82, 2.24) is 5.32 Å². The van der Waals surface area contributed by atoms with E-state index in [1.54, 1.807) is 0 Å². The molecule has 6 heteroatoms. The van der Waals surface area contributed by atoms with Gasteiger partial charge in [0.15, 0.2) is 17.4 Å². The highest BCUT2D eigenvalue weighted by Crippen LogP contribution is 2.33. The van der Waals surface area contributed by atoms with E-state index in [2.05, 4.69) is 15.4 Å². The Labute approximate surface area is 128 Å². The van der Waals surface area contributed by atoms with Gasteiger partial charge in [-0.1, -0.05) is 12.8 Å². The van der Waals surface area contributed by atoms with Gasteiger partial charge < -0.3 is 15.4 Å². The van der Waals surface area contributed by atoms with E-state index in [1.165, 1.54) is 20.0 Å². The Morgan fingerprint density at radius 1 is 1.27 bits per heavy atom. The number of benzene rings is 1. The molecule has 1 aliphatic heterocycles. The molecule has 3 unspecified atom stereocenters. The first-order valence-corrected chi connectivity index (χ1v) is 7.68. The molecule has 120 valence electrons. The van der Waals surface area contributed by atoms with Crippen LogP contribution in [0.2, 0.25) is 0 Å². The number of hydrogen-bond donors (Lipinski definition) is 2. The molecule has 0 spiro atoms. The van der Waals surface area contributed by atoms with E-state index in [9.17, 15) is 13.6 Å².